The van der Waals surface area contributed by atoms with Gasteiger partial charge in [0.15, 0.2) is 5.69 Å². The predicted molar refractivity (Wildman–Crippen MR) is 114 cm³/mol. The number of esters is 2. The molecule has 0 aliphatic carbocycles. The number of benzene rings is 2. The Morgan fingerprint density at radius 2 is 1.69 bits per heavy atom. The topological polar surface area (TPSA) is 70.4 Å². The second-order valence-corrected chi connectivity index (χ2v) is 7.26. The zero-order chi connectivity index (χ0) is 21.0. The minimum Gasteiger partial charge on any atom is -0.462 e. The Labute approximate surface area is 181 Å². The summed E-state index contributed by atoms with van der Waals surface area (Å²) in [7, 11) is 0. The highest BCUT2D eigenvalue weighted by Crippen LogP contribution is 2.32. The highest BCUT2D eigenvalue weighted by molar-refractivity contribution is 9.10. The van der Waals surface area contributed by atoms with Gasteiger partial charge < -0.3 is 9.47 Å². The smallest absolute Gasteiger partial charge is 0.359 e. The van der Waals surface area contributed by atoms with Crippen LogP contribution in [0.25, 0.3) is 16.9 Å². The van der Waals surface area contributed by atoms with Gasteiger partial charge in [0.05, 0.1) is 24.6 Å². The number of rotatable bonds is 6. The molecule has 0 bridgehead atoms. The van der Waals surface area contributed by atoms with Crippen molar-refractivity contribution < 1.29 is 19.1 Å². The first-order valence-corrected chi connectivity index (χ1v) is 10.1. The number of hydrogen-bond donors (Lipinski definition) is 0. The molecule has 0 saturated carbocycles. The summed E-state index contributed by atoms with van der Waals surface area (Å²) in [4.78, 5) is 25.4. The van der Waals surface area contributed by atoms with Crippen molar-refractivity contribution in [1.29, 1.82) is 0 Å². The van der Waals surface area contributed by atoms with E-state index in [-0.39, 0.29) is 24.5 Å². The van der Waals surface area contributed by atoms with Crippen LogP contribution in [0.1, 0.15) is 34.7 Å². The molecule has 1 aromatic heterocycles. The largest absolute Gasteiger partial charge is 0.462 e. The van der Waals surface area contributed by atoms with Crippen LogP contribution in [0.2, 0.25) is 5.02 Å². The van der Waals surface area contributed by atoms with Crippen molar-refractivity contribution in [2.45, 2.75) is 13.8 Å². The Morgan fingerprint density at radius 1 is 1.03 bits per heavy atom. The van der Waals surface area contributed by atoms with Crippen LogP contribution in [0, 0.1) is 0 Å². The molecule has 0 N–H and O–H groups in total. The first-order chi connectivity index (χ1) is 14.0. The van der Waals surface area contributed by atoms with E-state index in [9.17, 15) is 9.59 Å². The third kappa shape index (κ3) is 4.52. The quantitative estimate of drug-likeness (QED) is 0.450. The highest BCUT2D eigenvalue weighted by Gasteiger charge is 2.31. The van der Waals surface area contributed by atoms with Crippen molar-refractivity contribution >= 4 is 39.5 Å². The summed E-state index contributed by atoms with van der Waals surface area (Å²) in [6, 6.07) is 14.3. The van der Waals surface area contributed by atoms with Gasteiger partial charge >= 0.3 is 11.9 Å². The lowest BCUT2D eigenvalue weighted by Crippen LogP contribution is -2.13. The van der Waals surface area contributed by atoms with Crippen LogP contribution >= 0.6 is 27.5 Å². The van der Waals surface area contributed by atoms with Crippen LogP contribution in [0.15, 0.2) is 53.0 Å². The molecule has 29 heavy (non-hydrogen) atoms. The maximum atomic E-state index is 12.8. The first kappa shape index (κ1) is 21.1. The van der Waals surface area contributed by atoms with Gasteiger partial charge in [-0.3, -0.25) is 0 Å². The van der Waals surface area contributed by atoms with Crippen molar-refractivity contribution in [2.24, 2.45) is 0 Å². The molecular weight excluding hydrogens is 460 g/mol. The van der Waals surface area contributed by atoms with Gasteiger partial charge in [-0.15, -0.1) is 0 Å². The highest BCUT2D eigenvalue weighted by atomic mass is 79.9. The van der Waals surface area contributed by atoms with Crippen molar-refractivity contribution in [3.8, 4) is 16.9 Å². The molecular formula is C21H18BrClN2O4. The normalized spacial score (nSPS) is 10.6. The Bertz CT molecular complexity index is 1050. The lowest BCUT2D eigenvalue weighted by Gasteiger charge is -2.10. The SMILES string of the molecule is CCOC(=O)c1nn(-c2cccc(Cl)c2)c(-c2ccc(Br)cc2)c1C(=O)OCC. The van der Waals surface area contributed by atoms with E-state index in [0.717, 1.165) is 4.47 Å². The molecule has 0 saturated heterocycles. The summed E-state index contributed by atoms with van der Waals surface area (Å²) in [5.41, 5.74) is 1.63. The molecule has 150 valence electrons. The molecule has 0 fully saturated rings. The van der Waals surface area contributed by atoms with Gasteiger partial charge in [0.25, 0.3) is 0 Å². The summed E-state index contributed by atoms with van der Waals surface area (Å²) in [5, 5.41) is 4.91. The minimum atomic E-state index is -0.699. The third-order valence-electron chi connectivity index (χ3n) is 4.00. The zero-order valence-electron chi connectivity index (χ0n) is 15.8. The van der Waals surface area contributed by atoms with Gasteiger partial charge in [0.2, 0.25) is 0 Å². The van der Waals surface area contributed by atoms with Gasteiger partial charge in [-0.25, -0.2) is 14.3 Å². The number of carbonyl (C=O) groups excluding carboxylic acids is 2. The van der Waals surface area contributed by atoms with Crippen molar-refractivity contribution in [2.75, 3.05) is 13.2 Å². The summed E-state index contributed by atoms with van der Waals surface area (Å²) in [6.45, 7) is 3.69. The van der Waals surface area contributed by atoms with E-state index in [2.05, 4.69) is 21.0 Å². The van der Waals surface area contributed by atoms with Crippen molar-refractivity contribution in [3.63, 3.8) is 0 Å². The monoisotopic (exact) mass is 476 g/mol. The number of halogens is 2. The molecule has 2 aromatic carbocycles. The molecule has 8 heteroatoms. The van der Waals surface area contributed by atoms with Crippen LogP contribution in [-0.2, 0) is 9.47 Å². The predicted octanol–water partition coefficient (Wildman–Crippen LogP) is 5.31. The third-order valence-corrected chi connectivity index (χ3v) is 4.77. The molecule has 0 amide bonds. The van der Waals surface area contributed by atoms with Gasteiger partial charge in [-0.05, 0) is 44.2 Å². The molecule has 6 nitrogen and oxygen atoms in total. The maximum absolute atomic E-state index is 12.8. The zero-order valence-corrected chi connectivity index (χ0v) is 18.2. The molecule has 0 unspecified atom stereocenters. The minimum absolute atomic E-state index is 0.0487. The molecule has 0 radical (unpaired) electrons. The Morgan fingerprint density at radius 3 is 2.31 bits per heavy atom. The lowest BCUT2D eigenvalue weighted by atomic mass is 10.1. The number of ether oxygens (including phenoxy) is 2. The second-order valence-electron chi connectivity index (χ2n) is 5.91. The second kappa shape index (κ2) is 9.24. The number of hydrogen-bond acceptors (Lipinski definition) is 5. The van der Waals surface area contributed by atoms with Crippen molar-refractivity contribution in [1.82, 2.24) is 9.78 Å². The van der Waals surface area contributed by atoms with E-state index >= 15 is 0 Å². The van der Waals surface area contributed by atoms with Crippen LogP contribution in [0.5, 0.6) is 0 Å². The summed E-state index contributed by atoms with van der Waals surface area (Å²) in [6.07, 6.45) is 0. The van der Waals surface area contributed by atoms with Gasteiger partial charge in [0.1, 0.15) is 5.56 Å². The molecule has 0 aliphatic rings. The lowest BCUT2D eigenvalue weighted by molar-refractivity contribution is 0.0476. The molecule has 0 aliphatic heterocycles. The summed E-state index contributed by atoms with van der Waals surface area (Å²) >= 11 is 9.56. The fourth-order valence-electron chi connectivity index (χ4n) is 2.83. The van der Waals surface area contributed by atoms with E-state index in [4.69, 9.17) is 21.1 Å². The first-order valence-electron chi connectivity index (χ1n) is 8.95. The van der Waals surface area contributed by atoms with E-state index in [1.165, 1.54) is 4.68 Å². The fourth-order valence-corrected chi connectivity index (χ4v) is 3.27. The fraction of sp³-hybridized carbons (Fsp3) is 0.190. The average molecular weight is 478 g/mol. The standard InChI is InChI=1S/C21H18BrClN2O4/c1-3-28-20(26)17-18(21(27)29-4-2)24-25(16-7-5-6-15(23)12-16)19(17)13-8-10-14(22)11-9-13/h5-12H,3-4H2,1-2H3. The number of carbonyl (C=O) groups is 2. The van der Waals surface area contributed by atoms with Gasteiger partial charge in [0, 0.05) is 15.1 Å². The van der Waals surface area contributed by atoms with E-state index in [1.54, 1.807) is 38.1 Å². The van der Waals surface area contributed by atoms with Crippen LogP contribution in [0.4, 0.5) is 0 Å². The Balaban J connectivity index is 2.34. The van der Waals surface area contributed by atoms with Crippen LogP contribution in [0.3, 0.4) is 0 Å². The Hall–Kier alpha value is -2.64. The van der Waals surface area contributed by atoms with E-state index in [1.807, 2.05) is 24.3 Å². The maximum Gasteiger partial charge on any atom is 0.359 e. The molecule has 3 aromatic rings. The van der Waals surface area contributed by atoms with Crippen molar-refractivity contribution in [3.05, 3.63) is 69.3 Å². The summed E-state index contributed by atoms with van der Waals surface area (Å²) in [5.74, 6) is -1.35. The van der Waals surface area contributed by atoms with Gasteiger partial charge in [-0.1, -0.05) is 45.7 Å². The molecule has 0 spiro atoms. The van der Waals surface area contributed by atoms with Crippen LogP contribution in [-0.4, -0.2) is 34.9 Å². The van der Waals surface area contributed by atoms with E-state index < -0.39 is 11.9 Å². The van der Waals surface area contributed by atoms with Crippen LogP contribution < -0.4 is 0 Å². The number of nitrogens with zero attached hydrogens (tertiary/aromatic N) is 2. The number of aromatic nitrogens is 2. The molecule has 1 heterocycles. The van der Waals surface area contributed by atoms with E-state index in [0.29, 0.717) is 22.0 Å². The molecule has 3 rings (SSSR count). The average Bonchev–Trinajstić information content (AvgIpc) is 3.10. The van der Waals surface area contributed by atoms with Gasteiger partial charge in [-0.2, -0.15) is 5.10 Å². The molecule has 0 atom stereocenters. The Kier molecular flexibility index (Phi) is 6.71. The summed E-state index contributed by atoms with van der Waals surface area (Å²) < 4.78 is 12.7.